The fraction of sp³-hybridized carbons (Fsp3) is 0.500. The smallest absolute Gasteiger partial charge is 0.258 e. The van der Waals surface area contributed by atoms with Gasteiger partial charge in [-0.1, -0.05) is 13.8 Å². The Morgan fingerprint density at radius 2 is 1.75 bits per heavy atom. The molecule has 68 valence electrons. The number of halogens is 2. The molecule has 0 spiro atoms. The topological polar surface area (TPSA) is 25.8 Å². The van der Waals surface area contributed by atoms with Crippen molar-refractivity contribution in [2.24, 2.45) is 0 Å². The van der Waals surface area contributed by atoms with Gasteiger partial charge < -0.3 is 0 Å². The Hall–Kier alpha value is -1.06. The van der Waals surface area contributed by atoms with Crippen molar-refractivity contribution in [2.75, 3.05) is 0 Å². The predicted molar refractivity (Wildman–Crippen MR) is 43.1 cm³/mol. The third-order valence-corrected chi connectivity index (χ3v) is 1.02. The van der Waals surface area contributed by atoms with Crippen molar-refractivity contribution in [1.82, 2.24) is 9.97 Å². The highest BCUT2D eigenvalue weighted by Gasteiger charge is 2.06. The van der Waals surface area contributed by atoms with Crippen LogP contribution in [-0.2, 0) is 0 Å². The maximum Gasteiger partial charge on any atom is 0.281 e. The van der Waals surface area contributed by atoms with E-state index < -0.39 is 6.43 Å². The molecule has 1 heterocycles. The van der Waals surface area contributed by atoms with Gasteiger partial charge in [-0.05, 0) is 6.92 Å². The Labute approximate surface area is 70.7 Å². The quantitative estimate of drug-likeness (QED) is 0.654. The highest BCUT2D eigenvalue weighted by atomic mass is 19.3. The predicted octanol–water partition coefficient (Wildman–Crippen LogP) is 2.75. The summed E-state index contributed by atoms with van der Waals surface area (Å²) in [7, 11) is 0. The number of rotatable bonds is 1. The van der Waals surface area contributed by atoms with E-state index in [0.717, 1.165) is 6.20 Å². The maximum absolute atomic E-state index is 11.8. The fourth-order valence-electron chi connectivity index (χ4n) is 0.515. The second kappa shape index (κ2) is 5.57. The minimum Gasteiger partial charge on any atom is -0.258 e. The van der Waals surface area contributed by atoms with E-state index >= 15 is 0 Å². The van der Waals surface area contributed by atoms with Gasteiger partial charge in [0.05, 0.1) is 11.9 Å². The molecule has 0 aliphatic heterocycles. The molecule has 0 bridgehead atoms. The number of hydrogen-bond acceptors (Lipinski definition) is 2. The van der Waals surface area contributed by atoms with E-state index in [9.17, 15) is 8.78 Å². The summed E-state index contributed by atoms with van der Waals surface area (Å²) < 4.78 is 23.6. The lowest BCUT2D eigenvalue weighted by atomic mass is 10.4. The van der Waals surface area contributed by atoms with E-state index in [1.807, 2.05) is 13.8 Å². The summed E-state index contributed by atoms with van der Waals surface area (Å²) in [4.78, 5) is 7.12. The van der Waals surface area contributed by atoms with Crippen LogP contribution in [0.25, 0.3) is 0 Å². The van der Waals surface area contributed by atoms with Gasteiger partial charge in [-0.2, -0.15) is 0 Å². The molecule has 0 fully saturated rings. The van der Waals surface area contributed by atoms with Crippen LogP contribution < -0.4 is 0 Å². The number of alkyl halides is 2. The highest BCUT2D eigenvalue weighted by Crippen LogP contribution is 2.13. The van der Waals surface area contributed by atoms with Crippen molar-refractivity contribution in [3.63, 3.8) is 0 Å². The molecule has 1 aromatic heterocycles. The summed E-state index contributed by atoms with van der Waals surface area (Å²) in [6, 6.07) is 0. The molecule has 0 aliphatic rings. The number of nitrogens with zero attached hydrogens (tertiary/aromatic N) is 2. The van der Waals surface area contributed by atoms with E-state index in [0.29, 0.717) is 5.69 Å². The number of hydrogen-bond donors (Lipinski definition) is 0. The van der Waals surface area contributed by atoms with Crippen LogP contribution in [0, 0.1) is 6.92 Å². The fourth-order valence-corrected chi connectivity index (χ4v) is 0.515. The van der Waals surface area contributed by atoms with Crippen LogP contribution in [0.5, 0.6) is 0 Å². The lowest BCUT2D eigenvalue weighted by molar-refractivity contribution is 0.145. The summed E-state index contributed by atoms with van der Waals surface area (Å²) in [5.74, 6) is 0. The Morgan fingerprint density at radius 1 is 1.17 bits per heavy atom. The summed E-state index contributed by atoms with van der Waals surface area (Å²) >= 11 is 0. The van der Waals surface area contributed by atoms with Crippen molar-refractivity contribution in [3.05, 3.63) is 23.8 Å². The van der Waals surface area contributed by atoms with E-state index in [-0.39, 0.29) is 5.69 Å². The van der Waals surface area contributed by atoms with Crippen molar-refractivity contribution >= 4 is 0 Å². The van der Waals surface area contributed by atoms with Crippen molar-refractivity contribution in [2.45, 2.75) is 27.2 Å². The van der Waals surface area contributed by atoms with Gasteiger partial charge in [0.25, 0.3) is 6.43 Å². The lowest BCUT2D eigenvalue weighted by Gasteiger charge is -1.95. The Balaban J connectivity index is 0.000000561. The van der Waals surface area contributed by atoms with Gasteiger partial charge in [0.1, 0.15) is 5.69 Å². The highest BCUT2D eigenvalue weighted by molar-refractivity contribution is 5.01. The zero-order chi connectivity index (χ0) is 9.56. The summed E-state index contributed by atoms with van der Waals surface area (Å²) in [6.45, 7) is 5.70. The van der Waals surface area contributed by atoms with Crippen molar-refractivity contribution in [1.29, 1.82) is 0 Å². The first-order valence-corrected chi connectivity index (χ1v) is 3.77. The van der Waals surface area contributed by atoms with Gasteiger partial charge in [0, 0.05) is 6.20 Å². The van der Waals surface area contributed by atoms with Crippen LogP contribution in [0.4, 0.5) is 8.78 Å². The van der Waals surface area contributed by atoms with Gasteiger partial charge in [0.15, 0.2) is 0 Å². The third kappa shape index (κ3) is 3.37. The minimum absolute atomic E-state index is 0.273. The summed E-state index contributed by atoms with van der Waals surface area (Å²) in [5, 5.41) is 0. The molecular formula is C8H12F2N2. The first-order valence-electron chi connectivity index (χ1n) is 3.77. The van der Waals surface area contributed by atoms with E-state index in [4.69, 9.17) is 0 Å². The van der Waals surface area contributed by atoms with Crippen LogP contribution in [0.3, 0.4) is 0 Å². The molecule has 0 radical (unpaired) electrons. The molecule has 0 saturated heterocycles. The average Bonchev–Trinajstić information content (AvgIpc) is 2.09. The van der Waals surface area contributed by atoms with Gasteiger partial charge in [-0.15, -0.1) is 0 Å². The van der Waals surface area contributed by atoms with Crippen LogP contribution in [0.2, 0.25) is 0 Å². The zero-order valence-corrected chi connectivity index (χ0v) is 7.38. The molecule has 0 unspecified atom stereocenters. The van der Waals surface area contributed by atoms with E-state index in [1.165, 1.54) is 6.20 Å². The SMILES string of the molecule is CC.Cc1cnc(C(F)F)cn1. The summed E-state index contributed by atoms with van der Waals surface area (Å²) in [6.07, 6.45) is -0.116. The molecule has 0 N–H and O–H groups in total. The first kappa shape index (κ1) is 10.9. The molecule has 2 nitrogen and oxygen atoms in total. The van der Waals surface area contributed by atoms with Gasteiger partial charge in [-0.3, -0.25) is 9.97 Å². The van der Waals surface area contributed by atoms with Crippen LogP contribution in [0.1, 0.15) is 31.7 Å². The third-order valence-electron chi connectivity index (χ3n) is 1.02. The van der Waals surface area contributed by atoms with E-state index in [1.54, 1.807) is 6.92 Å². The molecule has 0 saturated carbocycles. The largest absolute Gasteiger partial charge is 0.281 e. The van der Waals surface area contributed by atoms with Crippen molar-refractivity contribution < 1.29 is 8.78 Å². The lowest BCUT2D eigenvalue weighted by Crippen LogP contribution is -1.91. The van der Waals surface area contributed by atoms with Crippen LogP contribution in [0.15, 0.2) is 12.4 Å². The van der Waals surface area contributed by atoms with E-state index in [2.05, 4.69) is 9.97 Å². The van der Waals surface area contributed by atoms with Crippen LogP contribution >= 0.6 is 0 Å². The molecule has 0 amide bonds. The normalized spacial score (nSPS) is 9.17. The van der Waals surface area contributed by atoms with Gasteiger partial charge >= 0.3 is 0 Å². The maximum atomic E-state index is 11.8. The summed E-state index contributed by atoms with van der Waals surface area (Å²) in [5.41, 5.74) is 0.370. The molecular weight excluding hydrogens is 162 g/mol. The molecule has 0 atom stereocenters. The Bertz CT molecular complexity index is 209. The monoisotopic (exact) mass is 174 g/mol. The molecule has 1 rings (SSSR count). The zero-order valence-electron chi connectivity index (χ0n) is 7.38. The minimum atomic E-state index is -2.52. The number of aromatic nitrogens is 2. The standard InChI is InChI=1S/C6H6F2N2.C2H6/c1-4-2-10-5(3-9-4)6(7)8;1-2/h2-3,6H,1H3;1-2H3. The molecule has 12 heavy (non-hydrogen) atoms. The Morgan fingerprint density at radius 3 is 2.08 bits per heavy atom. The molecule has 4 heteroatoms. The van der Waals surface area contributed by atoms with Crippen molar-refractivity contribution in [3.8, 4) is 0 Å². The van der Waals surface area contributed by atoms with Gasteiger partial charge in [-0.25, -0.2) is 8.78 Å². The average molecular weight is 174 g/mol. The second-order valence-electron chi connectivity index (χ2n) is 1.88. The second-order valence-corrected chi connectivity index (χ2v) is 1.88. The van der Waals surface area contributed by atoms with Gasteiger partial charge in [0.2, 0.25) is 0 Å². The number of aryl methyl sites for hydroxylation is 1. The van der Waals surface area contributed by atoms with Crippen LogP contribution in [-0.4, -0.2) is 9.97 Å². The first-order chi connectivity index (χ1) is 5.70. The Kier molecular flexibility index (Phi) is 5.08. The molecule has 0 aromatic carbocycles. The molecule has 0 aliphatic carbocycles. The molecule has 1 aromatic rings.